The zero-order valence-electron chi connectivity index (χ0n) is 16.4. The number of anilines is 2. The van der Waals surface area contributed by atoms with Gasteiger partial charge in [0.05, 0.1) is 25.0 Å². The van der Waals surface area contributed by atoms with E-state index >= 15 is 0 Å². The first-order valence-electron chi connectivity index (χ1n) is 9.48. The molecule has 30 heavy (non-hydrogen) atoms. The zero-order chi connectivity index (χ0) is 20.9. The summed E-state index contributed by atoms with van der Waals surface area (Å²) in [6, 6.07) is 18.5. The lowest BCUT2D eigenvalue weighted by molar-refractivity contribution is 0.624. The van der Waals surface area contributed by atoms with Crippen LogP contribution in [-0.4, -0.2) is 24.7 Å². The molecule has 0 aliphatic heterocycles. The number of hydrogen-bond donors (Lipinski definition) is 2. The maximum absolute atomic E-state index is 13.0. The van der Waals surface area contributed by atoms with Crippen LogP contribution in [0.25, 0.3) is 0 Å². The number of aromatic nitrogens is 4. The van der Waals surface area contributed by atoms with Crippen molar-refractivity contribution in [3.8, 4) is 0 Å². The third kappa shape index (κ3) is 5.09. The second-order valence-corrected chi connectivity index (χ2v) is 7.35. The Kier molecular flexibility index (Phi) is 5.85. The standard InChI is InChI=1S/C22H21FN6S/c1-16-11-21(27-29(16)14-17-5-3-2-4-6-17)26-22(30)25-20-12-24-28(15-20)13-18-7-9-19(23)10-8-18/h2-12,15H,13-14H2,1H3,(H2,25,26,27,30). The molecule has 0 atom stereocenters. The van der Waals surface area contributed by atoms with E-state index in [2.05, 4.69) is 33.0 Å². The molecule has 152 valence electrons. The Balaban J connectivity index is 1.34. The second-order valence-electron chi connectivity index (χ2n) is 6.95. The van der Waals surface area contributed by atoms with Gasteiger partial charge in [-0.2, -0.15) is 10.2 Å². The van der Waals surface area contributed by atoms with E-state index in [-0.39, 0.29) is 5.82 Å². The van der Waals surface area contributed by atoms with Crippen molar-refractivity contribution in [1.82, 2.24) is 19.6 Å². The van der Waals surface area contributed by atoms with Crippen LogP contribution in [0.2, 0.25) is 0 Å². The highest BCUT2D eigenvalue weighted by Crippen LogP contribution is 2.13. The van der Waals surface area contributed by atoms with Gasteiger partial charge in [0.2, 0.25) is 0 Å². The molecule has 0 aliphatic carbocycles. The first-order valence-corrected chi connectivity index (χ1v) is 9.89. The van der Waals surface area contributed by atoms with E-state index in [4.69, 9.17) is 12.2 Å². The molecular weight excluding hydrogens is 399 g/mol. The van der Waals surface area contributed by atoms with Gasteiger partial charge in [0.25, 0.3) is 0 Å². The number of aryl methyl sites for hydroxylation is 1. The molecule has 8 heteroatoms. The van der Waals surface area contributed by atoms with Crippen molar-refractivity contribution in [1.29, 1.82) is 0 Å². The van der Waals surface area contributed by atoms with Crippen molar-refractivity contribution in [2.75, 3.05) is 10.6 Å². The Hall–Kier alpha value is -3.52. The van der Waals surface area contributed by atoms with Crippen LogP contribution in [-0.2, 0) is 13.1 Å². The lowest BCUT2D eigenvalue weighted by Crippen LogP contribution is -2.19. The largest absolute Gasteiger partial charge is 0.330 e. The summed E-state index contributed by atoms with van der Waals surface area (Å²) in [6.45, 7) is 3.26. The molecule has 0 saturated carbocycles. The molecule has 0 bridgehead atoms. The van der Waals surface area contributed by atoms with Crippen LogP contribution in [0.1, 0.15) is 16.8 Å². The summed E-state index contributed by atoms with van der Waals surface area (Å²) in [5, 5.41) is 15.5. The topological polar surface area (TPSA) is 59.7 Å². The Morgan fingerprint density at radius 2 is 1.73 bits per heavy atom. The summed E-state index contributed by atoms with van der Waals surface area (Å²) < 4.78 is 16.7. The number of halogens is 1. The number of benzene rings is 2. The maximum Gasteiger partial charge on any atom is 0.176 e. The van der Waals surface area contributed by atoms with Gasteiger partial charge in [0.15, 0.2) is 10.9 Å². The molecule has 2 aromatic heterocycles. The van der Waals surface area contributed by atoms with Gasteiger partial charge >= 0.3 is 0 Å². The van der Waals surface area contributed by atoms with Crippen LogP contribution in [0.15, 0.2) is 73.1 Å². The minimum absolute atomic E-state index is 0.251. The van der Waals surface area contributed by atoms with Crippen LogP contribution in [0.4, 0.5) is 15.9 Å². The van der Waals surface area contributed by atoms with Crippen molar-refractivity contribution in [3.63, 3.8) is 0 Å². The summed E-state index contributed by atoms with van der Waals surface area (Å²) in [7, 11) is 0. The highest BCUT2D eigenvalue weighted by atomic mass is 32.1. The van der Waals surface area contributed by atoms with Crippen LogP contribution in [0.5, 0.6) is 0 Å². The van der Waals surface area contributed by atoms with E-state index in [1.165, 1.54) is 17.7 Å². The Bertz CT molecular complexity index is 1130. The minimum atomic E-state index is -0.251. The number of nitrogens with zero attached hydrogens (tertiary/aromatic N) is 4. The molecule has 4 aromatic rings. The van der Waals surface area contributed by atoms with Crippen molar-refractivity contribution >= 4 is 28.8 Å². The quantitative estimate of drug-likeness (QED) is 0.452. The molecule has 0 fully saturated rings. The molecule has 0 spiro atoms. The highest BCUT2D eigenvalue weighted by Gasteiger charge is 2.08. The lowest BCUT2D eigenvalue weighted by atomic mass is 10.2. The molecule has 2 N–H and O–H groups in total. The fraction of sp³-hybridized carbons (Fsp3) is 0.136. The number of thiocarbonyl (C=S) groups is 1. The molecule has 4 rings (SSSR count). The molecule has 0 amide bonds. The van der Waals surface area contributed by atoms with E-state index in [0.29, 0.717) is 24.0 Å². The summed E-state index contributed by atoms with van der Waals surface area (Å²) in [5.41, 5.74) is 3.95. The lowest BCUT2D eigenvalue weighted by Gasteiger charge is -2.07. The van der Waals surface area contributed by atoms with Crippen LogP contribution in [0.3, 0.4) is 0 Å². The molecule has 0 aliphatic rings. The number of rotatable bonds is 6. The van der Waals surface area contributed by atoms with Crippen molar-refractivity contribution in [2.24, 2.45) is 0 Å². The summed E-state index contributed by atoms with van der Waals surface area (Å²) in [4.78, 5) is 0. The zero-order valence-corrected chi connectivity index (χ0v) is 17.2. The average molecular weight is 421 g/mol. The average Bonchev–Trinajstić information content (AvgIpc) is 3.30. The predicted octanol–water partition coefficient (Wildman–Crippen LogP) is 4.43. The summed E-state index contributed by atoms with van der Waals surface area (Å²) in [5.74, 6) is 0.430. The molecule has 6 nitrogen and oxygen atoms in total. The van der Waals surface area contributed by atoms with Crippen molar-refractivity contribution in [3.05, 3.63) is 95.7 Å². The van der Waals surface area contributed by atoms with E-state index < -0.39 is 0 Å². The fourth-order valence-electron chi connectivity index (χ4n) is 3.06. The molecule has 0 unspecified atom stereocenters. The second kappa shape index (κ2) is 8.87. The van der Waals surface area contributed by atoms with Gasteiger partial charge in [0.1, 0.15) is 5.82 Å². The molecule has 2 aromatic carbocycles. The Morgan fingerprint density at radius 1 is 1.00 bits per heavy atom. The predicted molar refractivity (Wildman–Crippen MR) is 120 cm³/mol. The van der Waals surface area contributed by atoms with Gasteiger partial charge in [0, 0.05) is 18.0 Å². The van der Waals surface area contributed by atoms with E-state index in [9.17, 15) is 4.39 Å². The molecule has 2 heterocycles. The van der Waals surface area contributed by atoms with Crippen LogP contribution < -0.4 is 10.6 Å². The third-order valence-electron chi connectivity index (χ3n) is 4.55. The van der Waals surface area contributed by atoms with Crippen molar-refractivity contribution < 1.29 is 4.39 Å². The van der Waals surface area contributed by atoms with Gasteiger partial charge < -0.3 is 10.6 Å². The Labute approximate surface area is 179 Å². The fourth-order valence-corrected chi connectivity index (χ4v) is 3.28. The van der Waals surface area contributed by atoms with E-state index in [0.717, 1.165) is 16.9 Å². The van der Waals surface area contributed by atoms with E-state index in [1.54, 1.807) is 23.0 Å². The molecular formula is C22H21FN6S. The summed E-state index contributed by atoms with van der Waals surface area (Å²) in [6.07, 6.45) is 3.54. The minimum Gasteiger partial charge on any atom is -0.330 e. The first kappa shape index (κ1) is 19.8. The van der Waals surface area contributed by atoms with Crippen molar-refractivity contribution in [2.45, 2.75) is 20.0 Å². The highest BCUT2D eigenvalue weighted by molar-refractivity contribution is 7.80. The monoisotopic (exact) mass is 420 g/mol. The van der Waals surface area contributed by atoms with Gasteiger partial charge in [-0.15, -0.1) is 0 Å². The smallest absolute Gasteiger partial charge is 0.176 e. The third-order valence-corrected chi connectivity index (χ3v) is 4.75. The van der Waals surface area contributed by atoms with Gasteiger partial charge in [-0.05, 0) is 42.4 Å². The van der Waals surface area contributed by atoms with Gasteiger partial charge in [-0.3, -0.25) is 9.36 Å². The Morgan fingerprint density at radius 3 is 2.50 bits per heavy atom. The number of nitrogens with one attached hydrogen (secondary N) is 2. The molecule has 0 saturated heterocycles. The van der Waals surface area contributed by atoms with Gasteiger partial charge in [-0.25, -0.2) is 4.39 Å². The molecule has 0 radical (unpaired) electrons. The normalized spacial score (nSPS) is 10.7. The van der Waals surface area contributed by atoms with Crippen LogP contribution >= 0.6 is 12.2 Å². The SMILES string of the molecule is Cc1cc(NC(=S)Nc2cnn(Cc3ccc(F)cc3)c2)nn1Cc1ccccc1. The maximum atomic E-state index is 13.0. The number of hydrogen-bond acceptors (Lipinski definition) is 3. The van der Waals surface area contributed by atoms with E-state index in [1.807, 2.05) is 42.1 Å². The van der Waals surface area contributed by atoms with Crippen LogP contribution in [0, 0.1) is 12.7 Å². The van der Waals surface area contributed by atoms with Gasteiger partial charge in [-0.1, -0.05) is 42.5 Å². The first-order chi connectivity index (χ1) is 14.5. The summed E-state index contributed by atoms with van der Waals surface area (Å²) >= 11 is 5.40.